The number of guanidine groups is 1. The number of halogens is 1. The number of carbonyl (C=O) groups is 1. The van der Waals surface area contributed by atoms with Crippen LogP contribution in [0.15, 0.2) is 53.5 Å². The summed E-state index contributed by atoms with van der Waals surface area (Å²) in [6.07, 6.45) is 2.04. The quantitative estimate of drug-likeness (QED) is 0.213. The number of nitrogens with zero attached hydrogens (tertiary/aromatic N) is 1. The van der Waals surface area contributed by atoms with Gasteiger partial charge < -0.3 is 21.1 Å². The highest BCUT2D eigenvalue weighted by Gasteiger charge is 2.05. The molecular formula is C21H29IN4O2. The minimum Gasteiger partial charge on any atom is -0.380 e. The Morgan fingerprint density at radius 2 is 1.86 bits per heavy atom. The first-order valence-electron chi connectivity index (χ1n) is 9.15. The molecule has 2 rings (SSSR count). The third-order valence-corrected chi connectivity index (χ3v) is 4.04. The molecule has 0 heterocycles. The Morgan fingerprint density at radius 1 is 1.14 bits per heavy atom. The van der Waals surface area contributed by atoms with E-state index in [1.165, 1.54) is 0 Å². The van der Waals surface area contributed by atoms with Gasteiger partial charge in [0.05, 0.1) is 13.2 Å². The second kappa shape index (κ2) is 13.1. The Balaban J connectivity index is 0.00000392. The molecule has 2 aromatic carbocycles. The Morgan fingerprint density at radius 3 is 2.54 bits per heavy atom. The van der Waals surface area contributed by atoms with E-state index in [9.17, 15) is 4.79 Å². The predicted octanol–water partition coefficient (Wildman–Crippen LogP) is 3.91. The van der Waals surface area contributed by atoms with Crippen LogP contribution < -0.4 is 16.4 Å². The molecule has 0 atom stereocenters. The molecule has 0 aromatic heterocycles. The van der Waals surface area contributed by atoms with Crippen molar-refractivity contribution in [2.45, 2.75) is 32.9 Å². The lowest BCUT2D eigenvalue weighted by atomic mass is 10.1. The van der Waals surface area contributed by atoms with Crippen molar-refractivity contribution in [2.24, 2.45) is 10.7 Å². The van der Waals surface area contributed by atoms with Gasteiger partial charge in [-0.1, -0.05) is 43.7 Å². The number of unbranched alkanes of at least 4 members (excludes halogenated alkanes) is 1. The zero-order chi connectivity index (χ0) is 19.5. The first kappa shape index (κ1) is 23.9. The van der Waals surface area contributed by atoms with Crippen LogP contribution in [-0.4, -0.2) is 25.5 Å². The number of hydrogen-bond donors (Lipinski definition) is 3. The monoisotopic (exact) mass is 496 g/mol. The van der Waals surface area contributed by atoms with Gasteiger partial charge in [0.25, 0.3) is 5.91 Å². The number of ether oxygens (including phenoxy) is 1. The molecule has 7 heteroatoms. The molecular weight excluding hydrogens is 467 g/mol. The van der Waals surface area contributed by atoms with Gasteiger partial charge in [-0.3, -0.25) is 4.79 Å². The highest BCUT2D eigenvalue weighted by Crippen LogP contribution is 2.15. The summed E-state index contributed by atoms with van der Waals surface area (Å²) < 4.78 is 5.19. The minimum atomic E-state index is -0.0468. The van der Waals surface area contributed by atoms with E-state index in [1.54, 1.807) is 7.11 Å². The van der Waals surface area contributed by atoms with E-state index < -0.39 is 0 Å². The van der Waals surface area contributed by atoms with E-state index >= 15 is 0 Å². The van der Waals surface area contributed by atoms with Crippen LogP contribution >= 0.6 is 24.0 Å². The number of benzene rings is 2. The van der Waals surface area contributed by atoms with Crippen LogP contribution in [-0.2, 0) is 17.9 Å². The van der Waals surface area contributed by atoms with Crippen molar-refractivity contribution in [1.29, 1.82) is 0 Å². The molecule has 152 valence electrons. The topological polar surface area (TPSA) is 88.7 Å². The highest BCUT2D eigenvalue weighted by molar-refractivity contribution is 14.0. The summed E-state index contributed by atoms with van der Waals surface area (Å²) in [4.78, 5) is 16.4. The van der Waals surface area contributed by atoms with Gasteiger partial charge in [0.15, 0.2) is 5.96 Å². The molecule has 0 aliphatic heterocycles. The lowest BCUT2D eigenvalue weighted by Gasteiger charge is -2.11. The van der Waals surface area contributed by atoms with E-state index in [2.05, 4.69) is 22.5 Å². The standard InChI is InChI=1S/C21H28N4O2.HI/c1-3-4-13-23-20(26)17-11-9-16(10-12-17)14-24-21(22)25-19-8-6-5-7-18(19)15-27-2;/h5-12H,3-4,13-15H2,1-2H3,(H,23,26)(H3,22,24,25);1H. The maximum Gasteiger partial charge on any atom is 0.251 e. The third kappa shape index (κ3) is 7.85. The fraction of sp³-hybridized carbons (Fsp3) is 0.333. The molecule has 0 saturated heterocycles. The van der Waals surface area contributed by atoms with Crippen molar-refractivity contribution in [3.63, 3.8) is 0 Å². The van der Waals surface area contributed by atoms with Crippen molar-refractivity contribution >= 4 is 41.5 Å². The summed E-state index contributed by atoms with van der Waals surface area (Å²) in [5.41, 5.74) is 9.52. The molecule has 0 unspecified atom stereocenters. The zero-order valence-corrected chi connectivity index (χ0v) is 18.7. The fourth-order valence-electron chi connectivity index (χ4n) is 2.52. The Bertz CT molecular complexity index is 763. The largest absolute Gasteiger partial charge is 0.380 e. The average Bonchev–Trinajstić information content (AvgIpc) is 2.68. The zero-order valence-electron chi connectivity index (χ0n) is 16.4. The molecule has 0 bridgehead atoms. The SMILES string of the molecule is CCCCNC(=O)c1ccc(CN=C(N)Nc2ccccc2COC)cc1.I. The van der Waals surface area contributed by atoms with Crippen molar-refractivity contribution in [1.82, 2.24) is 5.32 Å². The van der Waals surface area contributed by atoms with Crippen LogP contribution in [0.1, 0.15) is 41.3 Å². The van der Waals surface area contributed by atoms with Gasteiger partial charge in [-0.2, -0.15) is 0 Å². The van der Waals surface area contributed by atoms with Crippen molar-refractivity contribution in [3.8, 4) is 0 Å². The van der Waals surface area contributed by atoms with Gasteiger partial charge >= 0.3 is 0 Å². The summed E-state index contributed by atoms with van der Waals surface area (Å²) in [6, 6.07) is 15.2. The number of hydrogen-bond acceptors (Lipinski definition) is 3. The third-order valence-electron chi connectivity index (χ3n) is 4.04. The molecule has 1 amide bonds. The second-order valence-electron chi connectivity index (χ2n) is 6.22. The molecule has 0 aliphatic rings. The Hall–Kier alpha value is -2.13. The number of rotatable bonds is 9. The van der Waals surface area contributed by atoms with Gasteiger partial charge in [-0.05, 0) is 30.2 Å². The number of anilines is 1. The molecule has 0 radical (unpaired) electrons. The van der Waals surface area contributed by atoms with Gasteiger partial charge in [0.2, 0.25) is 0 Å². The van der Waals surface area contributed by atoms with E-state index in [1.807, 2.05) is 48.5 Å². The van der Waals surface area contributed by atoms with Crippen LogP contribution in [0.3, 0.4) is 0 Å². The fourth-order valence-corrected chi connectivity index (χ4v) is 2.52. The van der Waals surface area contributed by atoms with E-state index in [4.69, 9.17) is 10.5 Å². The lowest BCUT2D eigenvalue weighted by molar-refractivity contribution is 0.0953. The number of para-hydroxylation sites is 1. The minimum absolute atomic E-state index is 0. The van der Waals surface area contributed by atoms with Crippen LogP contribution in [0.5, 0.6) is 0 Å². The van der Waals surface area contributed by atoms with Gasteiger partial charge in [-0.15, -0.1) is 24.0 Å². The average molecular weight is 496 g/mol. The number of methoxy groups -OCH3 is 1. The molecule has 0 saturated carbocycles. The van der Waals surface area contributed by atoms with Crippen LogP contribution in [0.4, 0.5) is 5.69 Å². The number of aliphatic imine (C=N–C) groups is 1. The van der Waals surface area contributed by atoms with E-state index in [0.717, 1.165) is 29.7 Å². The summed E-state index contributed by atoms with van der Waals surface area (Å²) >= 11 is 0. The number of carbonyl (C=O) groups excluding carboxylic acids is 1. The summed E-state index contributed by atoms with van der Waals surface area (Å²) in [7, 11) is 1.65. The maximum atomic E-state index is 12.0. The first-order chi connectivity index (χ1) is 13.1. The van der Waals surface area contributed by atoms with Crippen LogP contribution in [0.25, 0.3) is 0 Å². The summed E-state index contributed by atoms with van der Waals surface area (Å²) in [5, 5.41) is 6.01. The lowest BCUT2D eigenvalue weighted by Crippen LogP contribution is -2.24. The van der Waals surface area contributed by atoms with Crippen LogP contribution in [0, 0.1) is 0 Å². The number of nitrogens with one attached hydrogen (secondary N) is 2. The van der Waals surface area contributed by atoms with E-state index in [0.29, 0.717) is 31.2 Å². The van der Waals surface area contributed by atoms with Crippen molar-refractivity contribution in [2.75, 3.05) is 19.0 Å². The smallest absolute Gasteiger partial charge is 0.251 e. The number of amides is 1. The second-order valence-corrected chi connectivity index (χ2v) is 6.22. The molecule has 28 heavy (non-hydrogen) atoms. The first-order valence-corrected chi connectivity index (χ1v) is 9.15. The molecule has 0 fully saturated rings. The Labute approximate surface area is 184 Å². The molecule has 0 aliphatic carbocycles. The van der Waals surface area contributed by atoms with Gasteiger partial charge in [0, 0.05) is 30.5 Å². The van der Waals surface area contributed by atoms with Gasteiger partial charge in [0.1, 0.15) is 0 Å². The number of nitrogens with two attached hydrogens (primary N) is 1. The van der Waals surface area contributed by atoms with Crippen molar-refractivity contribution < 1.29 is 9.53 Å². The predicted molar refractivity (Wildman–Crippen MR) is 125 cm³/mol. The summed E-state index contributed by atoms with van der Waals surface area (Å²) in [5.74, 6) is 0.286. The normalized spacial score (nSPS) is 10.9. The Kier molecular flexibility index (Phi) is 11.2. The molecule has 6 nitrogen and oxygen atoms in total. The molecule has 2 aromatic rings. The van der Waals surface area contributed by atoms with Gasteiger partial charge in [-0.25, -0.2) is 4.99 Å². The van der Waals surface area contributed by atoms with Crippen molar-refractivity contribution in [3.05, 3.63) is 65.2 Å². The summed E-state index contributed by atoms with van der Waals surface area (Å²) in [6.45, 7) is 3.73. The maximum absolute atomic E-state index is 12.0. The molecule has 0 spiro atoms. The molecule has 4 N–H and O–H groups in total. The highest BCUT2D eigenvalue weighted by atomic mass is 127. The van der Waals surface area contributed by atoms with Crippen LogP contribution in [0.2, 0.25) is 0 Å². The van der Waals surface area contributed by atoms with E-state index in [-0.39, 0.29) is 29.9 Å².